The van der Waals surface area contributed by atoms with Crippen molar-refractivity contribution < 1.29 is 0 Å². The second-order valence-corrected chi connectivity index (χ2v) is 9.06. The second-order valence-electron chi connectivity index (χ2n) is 9.06. The van der Waals surface area contributed by atoms with Gasteiger partial charge in [-0.2, -0.15) is 0 Å². The van der Waals surface area contributed by atoms with Gasteiger partial charge in [0.2, 0.25) is 0 Å². The van der Waals surface area contributed by atoms with Gasteiger partial charge in [-0.05, 0) is 35.6 Å². The molecule has 0 heterocycles. The van der Waals surface area contributed by atoms with Crippen LogP contribution in [0.2, 0.25) is 0 Å². The van der Waals surface area contributed by atoms with E-state index in [-0.39, 0.29) is 0 Å². The third-order valence-corrected chi connectivity index (χ3v) is 5.71. The van der Waals surface area contributed by atoms with Gasteiger partial charge >= 0.3 is 0 Å². The van der Waals surface area contributed by atoms with Gasteiger partial charge < -0.3 is 4.90 Å². The summed E-state index contributed by atoms with van der Waals surface area (Å²) >= 11 is 0. The number of benzene rings is 2. The van der Waals surface area contributed by atoms with E-state index >= 15 is 0 Å². The minimum Gasteiger partial charge on any atom is -0.354 e. The SMILES string of the molecule is CC(C)CCCCCCCCCCCN(C=Cc1ccccc1)C=Cc1ccccc1. The average Bonchev–Trinajstić information content (AvgIpc) is 2.80. The highest BCUT2D eigenvalue weighted by Gasteiger charge is 1.98. The highest BCUT2D eigenvalue weighted by Crippen LogP contribution is 2.14. The quantitative estimate of drug-likeness (QED) is 0.246. The first-order valence-corrected chi connectivity index (χ1v) is 12.5. The Hall–Kier alpha value is -2.28. The first-order valence-electron chi connectivity index (χ1n) is 12.5. The molecule has 2 aromatic carbocycles. The van der Waals surface area contributed by atoms with Crippen LogP contribution in [0.15, 0.2) is 73.1 Å². The summed E-state index contributed by atoms with van der Waals surface area (Å²) in [7, 11) is 0. The Labute approximate surface area is 191 Å². The fourth-order valence-corrected chi connectivity index (χ4v) is 3.78. The molecule has 0 aromatic heterocycles. The predicted molar refractivity (Wildman–Crippen MR) is 139 cm³/mol. The van der Waals surface area contributed by atoms with Gasteiger partial charge in [0, 0.05) is 18.9 Å². The van der Waals surface area contributed by atoms with Crippen molar-refractivity contribution >= 4 is 12.2 Å². The molecule has 31 heavy (non-hydrogen) atoms. The van der Waals surface area contributed by atoms with Gasteiger partial charge in [0.1, 0.15) is 0 Å². The van der Waals surface area contributed by atoms with E-state index in [1.807, 2.05) is 0 Å². The highest BCUT2D eigenvalue weighted by molar-refractivity contribution is 5.51. The van der Waals surface area contributed by atoms with Crippen LogP contribution < -0.4 is 0 Å². The van der Waals surface area contributed by atoms with Crippen molar-refractivity contribution in [1.82, 2.24) is 4.90 Å². The molecule has 0 aliphatic carbocycles. The Morgan fingerprint density at radius 2 is 1.00 bits per heavy atom. The largest absolute Gasteiger partial charge is 0.354 e. The molecule has 2 rings (SSSR count). The molecule has 0 aliphatic heterocycles. The average molecular weight is 418 g/mol. The molecule has 0 saturated heterocycles. The number of nitrogens with zero attached hydrogens (tertiary/aromatic N) is 1. The molecular weight excluding hydrogens is 374 g/mol. The maximum atomic E-state index is 2.33. The lowest BCUT2D eigenvalue weighted by Crippen LogP contribution is -2.11. The number of unbranched alkanes of at least 4 members (excludes halogenated alkanes) is 8. The van der Waals surface area contributed by atoms with Crippen LogP contribution in [0.3, 0.4) is 0 Å². The zero-order chi connectivity index (χ0) is 22.0. The Morgan fingerprint density at radius 1 is 0.581 bits per heavy atom. The van der Waals surface area contributed by atoms with Crippen LogP contribution in [0.25, 0.3) is 12.2 Å². The number of hydrogen-bond acceptors (Lipinski definition) is 1. The zero-order valence-corrected chi connectivity index (χ0v) is 19.9. The molecular formula is C30H43N. The maximum Gasteiger partial charge on any atom is 0.0219 e. The van der Waals surface area contributed by atoms with E-state index in [9.17, 15) is 0 Å². The van der Waals surface area contributed by atoms with Crippen molar-refractivity contribution in [2.24, 2.45) is 5.92 Å². The summed E-state index contributed by atoms with van der Waals surface area (Å²) in [6, 6.07) is 21.1. The van der Waals surface area contributed by atoms with Gasteiger partial charge in [-0.1, -0.05) is 132 Å². The summed E-state index contributed by atoms with van der Waals surface area (Å²) in [5, 5.41) is 0. The molecule has 0 spiro atoms. The Bertz CT molecular complexity index is 665. The van der Waals surface area contributed by atoms with Crippen LogP contribution in [-0.2, 0) is 0 Å². The van der Waals surface area contributed by atoms with Crippen LogP contribution >= 0.6 is 0 Å². The molecule has 0 bridgehead atoms. The lowest BCUT2D eigenvalue weighted by Gasteiger charge is -2.15. The molecule has 168 valence electrons. The molecule has 0 N–H and O–H groups in total. The summed E-state index contributed by atoms with van der Waals surface area (Å²) in [5.41, 5.74) is 2.49. The Balaban J connectivity index is 1.67. The molecule has 0 radical (unpaired) electrons. The second kappa shape index (κ2) is 16.4. The van der Waals surface area contributed by atoms with Crippen molar-refractivity contribution in [3.63, 3.8) is 0 Å². The van der Waals surface area contributed by atoms with Gasteiger partial charge in [-0.15, -0.1) is 0 Å². The standard InChI is InChI=1S/C30H43N/c1-28(2)18-12-8-6-4-3-5-7-9-17-25-31(26-23-29-19-13-10-14-20-29)27-24-30-21-15-11-16-22-30/h10-11,13-16,19-24,26-28H,3-9,12,17-18,25H2,1-2H3. The first-order chi connectivity index (χ1) is 15.2. The van der Waals surface area contributed by atoms with E-state index in [0.717, 1.165) is 12.5 Å². The van der Waals surface area contributed by atoms with E-state index in [2.05, 4.69) is 104 Å². The number of hydrogen-bond donors (Lipinski definition) is 0. The fourth-order valence-electron chi connectivity index (χ4n) is 3.78. The molecule has 0 amide bonds. The van der Waals surface area contributed by atoms with Crippen LogP contribution in [0.5, 0.6) is 0 Å². The van der Waals surface area contributed by atoms with Gasteiger partial charge in [0.05, 0.1) is 0 Å². The number of rotatable bonds is 16. The monoisotopic (exact) mass is 417 g/mol. The van der Waals surface area contributed by atoms with Crippen molar-refractivity contribution in [1.29, 1.82) is 0 Å². The van der Waals surface area contributed by atoms with Gasteiger partial charge in [0.15, 0.2) is 0 Å². The molecule has 0 aliphatic rings. The van der Waals surface area contributed by atoms with E-state index in [1.54, 1.807) is 0 Å². The van der Waals surface area contributed by atoms with Gasteiger partial charge in [-0.25, -0.2) is 0 Å². The molecule has 0 fully saturated rings. The lowest BCUT2D eigenvalue weighted by atomic mass is 10.0. The summed E-state index contributed by atoms with van der Waals surface area (Å²) in [4.78, 5) is 2.33. The third kappa shape index (κ3) is 12.9. The first kappa shape index (κ1) is 25.0. The third-order valence-electron chi connectivity index (χ3n) is 5.71. The maximum absolute atomic E-state index is 2.33. The van der Waals surface area contributed by atoms with E-state index < -0.39 is 0 Å². The molecule has 1 heteroatoms. The molecule has 0 atom stereocenters. The summed E-state index contributed by atoms with van der Waals surface area (Å²) < 4.78 is 0. The van der Waals surface area contributed by atoms with Crippen molar-refractivity contribution in [3.8, 4) is 0 Å². The van der Waals surface area contributed by atoms with Gasteiger partial charge in [-0.3, -0.25) is 0 Å². The van der Waals surface area contributed by atoms with E-state index in [1.165, 1.54) is 75.3 Å². The van der Waals surface area contributed by atoms with Gasteiger partial charge in [0.25, 0.3) is 0 Å². The summed E-state index contributed by atoms with van der Waals surface area (Å²) in [6.45, 7) is 5.73. The predicted octanol–water partition coefficient (Wildman–Crippen LogP) is 9.19. The minimum atomic E-state index is 0.865. The van der Waals surface area contributed by atoms with E-state index in [0.29, 0.717) is 0 Å². The minimum absolute atomic E-state index is 0.865. The fraction of sp³-hybridized carbons (Fsp3) is 0.467. The Kier molecular flexibility index (Phi) is 13.2. The summed E-state index contributed by atoms with van der Waals surface area (Å²) in [6.07, 6.45) is 22.7. The lowest BCUT2D eigenvalue weighted by molar-refractivity contribution is 0.466. The zero-order valence-electron chi connectivity index (χ0n) is 19.9. The van der Waals surface area contributed by atoms with Crippen molar-refractivity contribution in [3.05, 3.63) is 84.2 Å². The van der Waals surface area contributed by atoms with Crippen LogP contribution in [0.4, 0.5) is 0 Å². The van der Waals surface area contributed by atoms with Crippen molar-refractivity contribution in [2.75, 3.05) is 6.54 Å². The van der Waals surface area contributed by atoms with E-state index in [4.69, 9.17) is 0 Å². The highest BCUT2D eigenvalue weighted by atomic mass is 15.1. The topological polar surface area (TPSA) is 3.24 Å². The normalized spacial score (nSPS) is 11.7. The van der Waals surface area contributed by atoms with Crippen LogP contribution in [-0.4, -0.2) is 11.4 Å². The molecule has 0 unspecified atom stereocenters. The Morgan fingerprint density at radius 3 is 1.45 bits per heavy atom. The molecule has 1 nitrogen and oxygen atoms in total. The molecule has 0 saturated carbocycles. The smallest absolute Gasteiger partial charge is 0.0219 e. The molecule has 2 aromatic rings. The summed E-state index contributed by atoms with van der Waals surface area (Å²) in [5.74, 6) is 0.865. The van der Waals surface area contributed by atoms with Crippen LogP contribution in [0, 0.1) is 5.92 Å². The van der Waals surface area contributed by atoms with Crippen LogP contribution in [0.1, 0.15) is 89.2 Å². The van der Waals surface area contributed by atoms with Crippen molar-refractivity contribution in [2.45, 2.75) is 78.1 Å².